The Morgan fingerprint density at radius 3 is 2.38 bits per heavy atom. The monoisotopic (exact) mass is 278 g/mol. The van der Waals surface area contributed by atoms with Crippen LogP contribution in [0.25, 0.3) is 11.3 Å². The largest absolute Gasteiger partial charge is 0.304 e. The van der Waals surface area contributed by atoms with E-state index in [1.165, 1.54) is 5.56 Å². The molecule has 3 rings (SSSR count). The van der Waals surface area contributed by atoms with Crippen LogP contribution in [0.2, 0.25) is 0 Å². The highest BCUT2D eigenvalue weighted by molar-refractivity contribution is 5.61. The molecule has 106 valence electrons. The Kier molecular flexibility index (Phi) is 3.62. The van der Waals surface area contributed by atoms with Crippen molar-refractivity contribution in [1.82, 2.24) is 4.57 Å². The molecule has 1 fully saturated rings. The van der Waals surface area contributed by atoms with Crippen LogP contribution in [0.4, 0.5) is 0 Å². The van der Waals surface area contributed by atoms with Crippen LogP contribution in [-0.4, -0.2) is 4.57 Å². The van der Waals surface area contributed by atoms with Crippen LogP contribution in [0.1, 0.15) is 42.9 Å². The molecule has 0 spiro atoms. The van der Waals surface area contributed by atoms with Crippen molar-refractivity contribution >= 4 is 0 Å². The predicted octanol–water partition coefficient (Wildman–Crippen LogP) is 3.81. The highest BCUT2D eigenvalue weighted by atomic mass is 16.1. The molecule has 0 saturated heterocycles. The third-order valence-electron chi connectivity index (χ3n) is 4.27. The van der Waals surface area contributed by atoms with Crippen molar-refractivity contribution in [2.75, 3.05) is 0 Å². The van der Waals surface area contributed by atoms with E-state index in [9.17, 15) is 4.79 Å². The van der Waals surface area contributed by atoms with Gasteiger partial charge in [0, 0.05) is 6.04 Å². The lowest BCUT2D eigenvalue weighted by Gasteiger charge is -2.19. The van der Waals surface area contributed by atoms with E-state index in [-0.39, 0.29) is 17.2 Å². The molecule has 1 heterocycles. The number of rotatable bonds is 2. The standard InChI is InChI=1S/C18H18N2O/c1-13-6-8-14(9-7-13)17-11-10-15(12-19)18(21)20(17)16-4-2-3-5-16/h6-11,16H,2-5H2,1H3. The van der Waals surface area contributed by atoms with Crippen molar-refractivity contribution in [1.29, 1.82) is 5.26 Å². The normalized spacial score (nSPS) is 15.0. The number of pyridine rings is 1. The van der Waals surface area contributed by atoms with Crippen molar-refractivity contribution in [2.24, 2.45) is 0 Å². The van der Waals surface area contributed by atoms with Crippen LogP contribution >= 0.6 is 0 Å². The molecule has 0 bridgehead atoms. The van der Waals surface area contributed by atoms with Crippen LogP contribution in [0, 0.1) is 18.3 Å². The van der Waals surface area contributed by atoms with Crippen molar-refractivity contribution in [3.05, 3.63) is 57.9 Å². The molecule has 1 aliphatic carbocycles. The molecular weight excluding hydrogens is 260 g/mol. The van der Waals surface area contributed by atoms with E-state index in [2.05, 4.69) is 12.1 Å². The third kappa shape index (κ3) is 2.50. The van der Waals surface area contributed by atoms with Crippen LogP contribution in [0.15, 0.2) is 41.2 Å². The van der Waals surface area contributed by atoms with E-state index < -0.39 is 0 Å². The summed E-state index contributed by atoms with van der Waals surface area (Å²) < 4.78 is 1.84. The van der Waals surface area contributed by atoms with E-state index in [1.54, 1.807) is 6.07 Å². The summed E-state index contributed by atoms with van der Waals surface area (Å²) in [6.07, 6.45) is 4.35. The Bertz CT molecular complexity index is 744. The number of aryl methyl sites for hydroxylation is 1. The topological polar surface area (TPSA) is 45.8 Å². The third-order valence-corrected chi connectivity index (χ3v) is 4.27. The molecule has 2 aromatic rings. The first kappa shape index (κ1) is 13.6. The van der Waals surface area contributed by atoms with Gasteiger partial charge < -0.3 is 4.57 Å². The second kappa shape index (κ2) is 5.57. The average Bonchev–Trinajstić information content (AvgIpc) is 3.01. The zero-order valence-corrected chi connectivity index (χ0v) is 12.2. The molecule has 0 unspecified atom stereocenters. The first-order chi connectivity index (χ1) is 10.2. The molecule has 0 atom stereocenters. The van der Waals surface area contributed by atoms with E-state index in [1.807, 2.05) is 35.8 Å². The molecule has 0 aliphatic heterocycles. The summed E-state index contributed by atoms with van der Waals surface area (Å²) >= 11 is 0. The molecule has 1 aromatic carbocycles. The molecule has 0 radical (unpaired) electrons. The minimum atomic E-state index is -0.150. The lowest BCUT2D eigenvalue weighted by Crippen LogP contribution is -2.26. The fourth-order valence-corrected chi connectivity index (χ4v) is 3.12. The highest BCUT2D eigenvalue weighted by Crippen LogP contribution is 2.32. The smallest absolute Gasteiger partial charge is 0.269 e. The molecule has 1 aromatic heterocycles. The second-order valence-corrected chi connectivity index (χ2v) is 5.72. The van der Waals surface area contributed by atoms with Gasteiger partial charge in [0.15, 0.2) is 0 Å². The summed E-state index contributed by atoms with van der Waals surface area (Å²) in [5.41, 5.74) is 3.24. The zero-order valence-electron chi connectivity index (χ0n) is 12.2. The van der Waals surface area contributed by atoms with Gasteiger partial charge in [0.25, 0.3) is 5.56 Å². The maximum Gasteiger partial charge on any atom is 0.269 e. The van der Waals surface area contributed by atoms with E-state index in [0.717, 1.165) is 36.9 Å². The summed E-state index contributed by atoms with van der Waals surface area (Å²) in [4.78, 5) is 12.6. The maximum absolute atomic E-state index is 12.6. The highest BCUT2D eigenvalue weighted by Gasteiger charge is 2.22. The number of hydrogen-bond donors (Lipinski definition) is 0. The van der Waals surface area contributed by atoms with Gasteiger partial charge in [-0.1, -0.05) is 42.7 Å². The average molecular weight is 278 g/mol. The number of benzene rings is 1. The molecule has 3 nitrogen and oxygen atoms in total. The summed E-state index contributed by atoms with van der Waals surface area (Å²) in [6, 6.07) is 14.0. The molecule has 3 heteroatoms. The Morgan fingerprint density at radius 2 is 1.76 bits per heavy atom. The minimum Gasteiger partial charge on any atom is -0.304 e. The number of aromatic nitrogens is 1. The summed E-state index contributed by atoms with van der Waals surface area (Å²) in [5, 5.41) is 9.12. The van der Waals surface area contributed by atoms with Crippen molar-refractivity contribution in [2.45, 2.75) is 38.6 Å². The second-order valence-electron chi connectivity index (χ2n) is 5.72. The van der Waals surface area contributed by atoms with Crippen molar-refractivity contribution < 1.29 is 0 Å². The van der Waals surface area contributed by atoms with Crippen molar-refractivity contribution in [3.63, 3.8) is 0 Å². The lowest BCUT2D eigenvalue weighted by atomic mass is 10.1. The molecule has 21 heavy (non-hydrogen) atoms. The Balaban J connectivity index is 2.20. The van der Waals surface area contributed by atoms with Gasteiger partial charge in [0.2, 0.25) is 0 Å². The van der Waals surface area contributed by atoms with Crippen molar-refractivity contribution in [3.8, 4) is 17.3 Å². The first-order valence-electron chi connectivity index (χ1n) is 7.43. The maximum atomic E-state index is 12.6. The van der Waals surface area contributed by atoms with Gasteiger partial charge in [-0.15, -0.1) is 0 Å². The number of nitriles is 1. The van der Waals surface area contributed by atoms with E-state index in [0.29, 0.717) is 0 Å². The molecule has 0 amide bonds. The summed E-state index contributed by atoms with van der Waals surface area (Å²) in [6.45, 7) is 2.05. The van der Waals surface area contributed by atoms with E-state index >= 15 is 0 Å². The fraction of sp³-hybridized carbons (Fsp3) is 0.333. The van der Waals surface area contributed by atoms with Crippen LogP contribution in [-0.2, 0) is 0 Å². The van der Waals surface area contributed by atoms with Gasteiger partial charge in [-0.25, -0.2) is 0 Å². The SMILES string of the molecule is Cc1ccc(-c2ccc(C#N)c(=O)n2C2CCCC2)cc1. The Hall–Kier alpha value is -2.34. The molecule has 0 N–H and O–H groups in total. The molecular formula is C18H18N2O. The van der Waals surface area contributed by atoms with Gasteiger partial charge in [-0.05, 0) is 37.5 Å². The zero-order chi connectivity index (χ0) is 14.8. The molecule has 1 aliphatic rings. The van der Waals surface area contributed by atoms with Crippen LogP contribution < -0.4 is 5.56 Å². The lowest BCUT2D eigenvalue weighted by molar-refractivity contribution is 0.507. The van der Waals surface area contributed by atoms with Gasteiger partial charge in [-0.2, -0.15) is 5.26 Å². The number of hydrogen-bond acceptors (Lipinski definition) is 2. The van der Waals surface area contributed by atoms with Gasteiger partial charge in [-0.3, -0.25) is 4.79 Å². The number of nitrogens with zero attached hydrogens (tertiary/aromatic N) is 2. The summed E-state index contributed by atoms with van der Waals surface area (Å²) in [5.74, 6) is 0. The summed E-state index contributed by atoms with van der Waals surface area (Å²) in [7, 11) is 0. The quantitative estimate of drug-likeness (QED) is 0.838. The Labute approximate surface area is 124 Å². The van der Waals surface area contributed by atoms with Gasteiger partial charge in [0.1, 0.15) is 11.6 Å². The molecule has 1 saturated carbocycles. The first-order valence-corrected chi connectivity index (χ1v) is 7.43. The van der Waals surface area contributed by atoms with Gasteiger partial charge >= 0.3 is 0 Å². The van der Waals surface area contributed by atoms with Gasteiger partial charge in [0.05, 0.1) is 5.69 Å². The van der Waals surface area contributed by atoms with Crippen LogP contribution in [0.3, 0.4) is 0 Å². The minimum absolute atomic E-state index is 0.150. The fourth-order valence-electron chi connectivity index (χ4n) is 3.12. The van der Waals surface area contributed by atoms with E-state index in [4.69, 9.17) is 5.26 Å². The van der Waals surface area contributed by atoms with Crippen LogP contribution in [0.5, 0.6) is 0 Å². The Morgan fingerprint density at radius 1 is 1.10 bits per heavy atom. The predicted molar refractivity (Wildman–Crippen MR) is 83.1 cm³/mol.